The Kier molecular flexibility index (Phi) is 4.51. The number of hydrogen-bond donors (Lipinski definition) is 1. The van der Waals surface area contributed by atoms with Gasteiger partial charge in [-0.3, -0.25) is 4.79 Å². The Morgan fingerprint density at radius 2 is 2.41 bits per heavy atom. The highest BCUT2D eigenvalue weighted by molar-refractivity contribution is 7.80. The van der Waals surface area contributed by atoms with Gasteiger partial charge in [0.15, 0.2) is 0 Å². The maximum atomic E-state index is 12.4. The summed E-state index contributed by atoms with van der Waals surface area (Å²) in [6.45, 7) is 3.11. The van der Waals surface area contributed by atoms with Crippen LogP contribution in [0.2, 0.25) is 0 Å². The predicted octanol–water partition coefficient (Wildman–Crippen LogP) is 3.83. The molecule has 0 N–H and O–H groups in total. The molecule has 4 heteroatoms. The summed E-state index contributed by atoms with van der Waals surface area (Å²) in [7, 11) is 0. The Hall–Kier alpha value is -0.480. The van der Waals surface area contributed by atoms with Gasteiger partial charge in [-0.15, -0.1) is 24.0 Å². The molecule has 1 fully saturated rings. The lowest BCUT2D eigenvalue weighted by molar-refractivity contribution is 0.0605. The van der Waals surface area contributed by atoms with E-state index in [1.54, 1.807) is 0 Å². The molecule has 1 aliphatic heterocycles. The molecular weight excluding hydrogens is 250 g/mol. The molecule has 2 heterocycles. The zero-order valence-electron chi connectivity index (χ0n) is 10.2. The van der Waals surface area contributed by atoms with Gasteiger partial charge in [-0.05, 0) is 31.7 Å². The molecule has 2 nitrogen and oxygen atoms in total. The van der Waals surface area contributed by atoms with Crippen LogP contribution in [-0.2, 0) is 0 Å². The van der Waals surface area contributed by atoms with Crippen molar-refractivity contribution in [3.63, 3.8) is 0 Å². The molecule has 0 radical (unpaired) electrons. The van der Waals surface area contributed by atoms with Gasteiger partial charge in [0.25, 0.3) is 5.91 Å². The quantitative estimate of drug-likeness (QED) is 0.827. The van der Waals surface area contributed by atoms with Gasteiger partial charge >= 0.3 is 0 Å². The van der Waals surface area contributed by atoms with E-state index in [1.807, 2.05) is 11.4 Å². The number of rotatable bonds is 3. The van der Waals surface area contributed by atoms with E-state index in [0.717, 1.165) is 35.6 Å². The average Bonchev–Trinajstić information content (AvgIpc) is 2.76. The van der Waals surface area contributed by atoms with Gasteiger partial charge in [0.2, 0.25) is 0 Å². The van der Waals surface area contributed by atoms with Crippen LogP contribution in [-0.4, -0.2) is 23.4 Å². The van der Waals surface area contributed by atoms with E-state index in [-0.39, 0.29) is 5.91 Å². The molecule has 1 atom stereocenters. The summed E-state index contributed by atoms with van der Waals surface area (Å²) in [4.78, 5) is 16.2. The third kappa shape index (κ3) is 3.05. The fourth-order valence-electron chi connectivity index (χ4n) is 2.48. The van der Waals surface area contributed by atoms with Crippen molar-refractivity contribution in [3.8, 4) is 0 Å². The molecule has 0 aliphatic carbocycles. The largest absolute Gasteiger partial charge is 0.335 e. The van der Waals surface area contributed by atoms with E-state index in [4.69, 9.17) is 0 Å². The van der Waals surface area contributed by atoms with Crippen LogP contribution in [0.1, 0.15) is 48.7 Å². The lowest BCUT2D eigenvalue weighted by Gasteiger charge is -2.35. The van der Waals surface area contributed by atoms with Crippen LogP contribution < -0.4 is 0 Å². The summed E-state index contributed by atoms with van der Waals surface area (Å²) in [6.07, 6.45) is 5.85. The van der Waals surface area contributed by atoms with Crippen LogP contribution in [0.25, 0.3) is 0 Å². The van der Waals surface area contributed by atoms with Gasteiger partial charge in [-0.1, -0.05) is 13.3 Å². The van der Waals surface area contributed by atoms with Gasteiger partial charge < -0.3 is 4.90 Å². The topological polar surface area (TPSA) is 20.3 Å². The van der Waals surface area contributed by atoms with Crippen LogP contribution in [0.3, 0.4) is 0 Å². The van der Waals surface area contributed by atoms with Gasteiger partial charge in [0, 0.05) is 22.9 Å². The third-order valence-electron chi connectivity index (χ3n) is 3.31. The number of carbonyl (C=O) groups is 1. The summed E-state index contributed by atoms with van der Waals surface area (Å²) in [5.74, 6) is 0.202. The Balaban J connectivity index is 2.10. The van der Waals surface area contributed by atoms with Crippen molar-refractivity contribution in [2.45, 2.75) is 50.0 Å². The summed E-state index contributed by atoms with van der Waals surface area (Å²) in [6, 6.07) is 2.33. The molecule has 0 bridgehead atoms. The lowest BCUT2D eigenvalue weighted by Crippen LogP contribution is -2.43. The summed E-state index contributed by atoms with van der Waals surface area (Å²) < 4.78 is 0. The first-order valence-electron chi connectivity index (χ1n) is 6.31. The highest BCUT2D eigenvalue weighted by atomic mass is 32.1. The van der Waals surface area contributed by atoms with Gasteiger partial charge in [0.1, 0.15) is 0 Å². The Bertz CT molecular complexity index is 387. The minimum absolute atomic E-state index is 0.202. The van der Waals surface area contributed by atoms with Crippen LogP contribution in [0.15, 0.2) is 16.3 Å². The molecule has 2 rings (SSSR count). The second-order valence-corrected chi connectivity index (χ2v) is 6.03. The van der Waals surface area contributed by atoms with E-state index in [2.05, 4.69) is 24.5 Å². The molecule has 1 amide bonds. The van der Waals surface area contributed by atoms with Crippen molar-refractivity contribution >= 4 is 29.9 Å². The van der Waals surface area contributed by atoms with Crippen molar-refractivity contribution in [1.82, 2.24) is 4.90 Å². The number of thiol groups is 1. The molecule has 1 saturated heterocycles. The summed E-state index contributed by atoms with van der Waals surface area (Å²) in [5.41, 5.74) is 0. The van der Waals surface area contributed by atoms with Crippen molar-refractivity contribution in [2.24, 2.45) is 0 Å². The Morgan fingerprint density at radius 3 is 3.06 bits per heavy atom. The first-order valence-corrected chi connectivity index (χ1v) is 7.63. The van der Waals surface area contributed by atoms with Gasteiger partial charge in [-0.2, -0.15) is 0 Å². The molecule has 1 aromatic rings. The van der Waals surface area contributed by atoms with Crippen LogP contribution >= 0.6 is 24.0 Å². The normalized spacial score (nSPS) is 20.6. The molecule has 0 aromatic carbocycles. The van der Waals surface area contributed by atoms with Crippen molar-refractivity contribution in [2.75, 3.05) is 6.54 Å². The fraction of sp³-hybridized carbons (Fsp3) is 0.615. The molecule has 17 heavy (non-hydrogen) atoms. The van der Waals surface area contributed by atoms with E-state index < -0.39 is 0 Å². The second kappa shape index (κ2) is 5.91. The van der Waals surface area contributed by atoms with E-state index in [1.165, 1.54) is 24.2 Å². The van der Waals surface area contributed by atoms with Crippen LogP contribution in [0.5, 0.6) is 0 Å². The number of amides is 1. The molecule has 0 spiro atoms. The van der Waals surface area contributed by atoms with Gasteiger partial charge in [-0.25, -0.2) is 0 Å². The zero-order chi connectivity index (χ0) is 12.3. The lowest BCUT2D eigenvalue weighted by atomic mass is 9.98. The Labute approximate surface area is 112 Å². The van der Waals surface area contributed by atoms with Crippen LogP contribution in [0, 0.1) is 0 Å². The summed E-state index contributed by atoms with van der Waals surface area (Å²) in [5, 5.41) is 1.93. The first-order chi connectivity index (χ1) is 8.22. The predicted molar refractivity (Wildman–Crippen MR) is 75.2 cm³/mol. The monoisotopic (exact) mass is 269 g/mol. The fourth-order valence-corrected chi connectivity index (χ4v) is 3.58. The first kappa shape index (κ1) is 13.0. The SMILES string of the molecule is CCCC1CCCCN1C(=O)c1cc(S)cs1. The molecule has 94 valence electrons. The number of hydrogen-bond acceptors (Lipinski definition) is 3. The highest BCUT2D eigenvalue weighted by Crippen LogP contribution is 2.26. The maximum Gasteiger partial charge on any atom is 0.264 e. The number of thiophene rings is 1. The molecule has 1 unspecified atom stereocenters. The second-order valence-electron chi connectivity index (χ2n) is 4.61. The number of nitrogens with zero attached hydrogens (tertiary/aromatic N) is 1. The van der Waals surface area contributed by atoms with Crippen molar-refractivity contribution in [1.29, 1.82) is 0 Å². The highest BCUT2D eigenvalue weighted by Gasteiger charge is 2.27. The molecule has 0 saturated carbocycles. The standard InChI is InChI=1S/C13H19NOS2/c1-2-5-10-6-3-4-7-14(10)13(15)12-8-11(16)9-17-12/h8-10,16H,2-7H2,1H3. The van der Waals surface area contributed by atoms with Crippen molar-refractivity contribution in [3.05, 3.63) is 16.3 Å². The number of carbonyl (C=O) groups excluding carboxylic acids is 1. The molecule has 1 aliphatic rings. The minimum atomic E-state index is 0.202. The van der Waals surface area contributed by atoms with E-state index in [9.17, 15) is 4.79 Å². The molecular formula is C13H19NOS2. The van der Waals surface area contributed by atoms with E-state index in [0.29, 0.717) is 6.04 Å². The number of piperidine rings is 1. The third-order valence-corrected chi connectivity index (χ3v) is 4.66. The zero-order valence-corrected chi connectivity index (χ0v) is 11.9. The van der Waals surface area contributed by atoms with Gasteiger partial charge in [0.05, 0.1) is 4.88 Å². The summed E-state index contributed by atoms with van der Waals surface area (Å²) >= 11 is 5.77. The smallest absolute Gasteiger partial charge is 0.264 e. The Morgan fingerprint density at radius 1 is 1.59 bits per heavy atom. The average molecular weight is 269 g/mol. The number of likely N-dealkylation sites (tertiary alicyclic amines) is 1. The van der Waals surface area contributed by atoms with Crippen molar-refractivity contribution < 1.29 is 4.79 Å². The maximum absolute atomic E-state index is 12.4. The van der Waals surface area contributed by atoms with Crippen LogP contribution in [0.4, 0.5) is 0 Å². The minimum Gasteiger partial charge on any atom is -0.335 e. The molecule has 1 aromatic heterocycles. The van der Waals surface area contributed by atoms with E-state index >= 15 is 0 Å².